The summed E-state index contributed by atoms with van der Waals surface area (Å²) in [5.41, 5.74) is 30.0. The largest absolute Gasteiger partial charge is 2.00 e. The summed E-state index contributed by atoms with van der Waals surface area (Å²) >= 11 is 0. The maximum atomic E-state index is 10.7. The average Bonchev–Trinajstić information content (AvgIpc) is 3.05. The summed E-state index contributed by atoms with van der Waals surface area (Å²) in [5, 5.41) is 39.5. The van der Waals surface area contributed by atoms with Crippen LogP contribution in [-0.2, 0) is 49.9 Å². The van der Waals surface area contributed by atoms with Gasteiger partial charge in [0.15, 0.2) is 0 Å². The van der Waals surface area contributed by atoms with Gasteiger partial charge >= 0.3 is 39.0 Å². The number of nitrogen functional groups attached to an aromatic ring is 4. The monoisotopic (exact) mass is 806 g/mol. The molecule has 0 aliphatic carbocycles. The van der Waals surface area contributed by atoms with Crippen molar-refractivity contribution >= 4 is 46.4 Å². The van der Waals surface area contributed by atoms with E-state index in [0.29, 0.717) is 45.0 Å². The molecular formula is C28H38N8O12Zn2+2. The molecule has 0 saturated carbocycles. The number of benzene rings is 4. The topological polar surface area (TPSA) is 442 Å². The normalized spacial score (nSPS) is 8.08. The summed E-state index contributed by atoms with van der Waals surface area (Å²) in [6.07, 6.45) is 0. The van der Waals surface area contributed by atoms with Gasteiger partial charge < -0.3 is 87.6 Å². The molecule has 20 nitrogen and oxygen atoms in total. The third-order valence-electron chi connectivity index (χ3n) is 5.06. The molecule has 0 spiro atoms. The predicted octanol–water partition coefficient (Wildman–Crippen LogP) is -1.51. The van der Waals surface area contributed by atoms with Crippen molar-refractivity contribution in [3.63, 3.8) is 0 Å². The summed E-state index contributed by atoms with van der Waals surface area (Å²) in [6.45, 7) is 0. The van der Waals surface area contributed by atoms with Gasteiger partial charge in [-0.3, -0.25) is 19.2 Å². The maximum Gasteiger partial charge on any atom is 2.00 e. The molecule has 22 heteroatoms. The van der Waals surface area contributed by atoms with E-state index in [1.165, 1.54) is 70.5 Å². The Balaban J connectivity index is -0.000000124. The fraction of sp³-hybridized carbons (Fsp3) is 0. The number of carbonyl (C=O) groups excluding carboxylic acids is 4. The zero-order valence-electron chi connectivity index (χ0n) is 26.4. The molecule has 4 rings (SSSR count). The first-order valence-corrected chi connectivity index (χ1v) is 12.1. The second kappa shape index (κ2) is 31.2. The van der Waals surface area contributed by atoms with Crippen LogP contribution >= 0.6 is 0 Å². The quantitative estimate of drug-likeness (QED) is 0.0505. The van der Waals surface area contributed by atoms with Crippen molar-refractivity contribution < 1.29 is 80.0 Å². The van der Waals surface area contributed by atoms with Crippen molar-refractivity contribution in [3.8, 4) is 0 Å². The molecule has 0 aromatic heterocycles. The van der Waals surface area contributed by atoms with Crippen molar-refractivity contribution in [2.75, 3.05) is 22.9 Å². The Morgan fingerprint density at radius 2 is 0.480 bits per heavy atom. The van der Waals surface area contributed by atoms with E-state index in [1.54, 1.807) is 48.5 Å². The molecule has 0 atom stereocenters. The van der Waals surface area contributed by atoms with Gasteiger partial charge in [-0.25, -0.2) is 0 Å². The molecule has 0 unspecified atom stereocenters. The fourth-order valence-electron chi connectivity index (χ4n) is 2.77. The van der Waals surface area contributed by atoms with Crippen LogP contribution in [-0.4, -0.2) is 34.6 Å². The number of rotatable bonds is 4. The molecule has 0 heterocycles. The van der Waals surface area contributed by atoms with Gasteiger partial charge in [0.1, 0.15) is 0 Å². The van der Waals surface area contributed by atoms with Crippen LogP contribution < -0.4 is 44.9 Å². The molecule has 4 aromatic carbocycles. The van der Waals surface area contributed by atoms with Crippen LogP contribution in [0.25, 0.3) is 0 Å². The number of nitrogens with two attached hydrogens (primary N) is 4. The number of hydrogen-bond acceptors (Lipinski definition) is 12. The summed E-state index contributed by atoms with van der Waals surface area (Å²) in [5.74, 6) is -2.59. The zero-order valence-corrected chi connectivity index (χ0v) is 32.3. The Labute approximate surface area is 310 Å². The van der Waals surface area contributed by atoms with E-state index >= 15 is 0 Å². The third kappa shape index (κ3) is 21.7. The molecule has 4 aromatic rings. The first-order valence-electron chi connectivity index (χ1n) is 12.1. The van der Waals surface area contributed by atoms with Crippen LogP contribution in [0.5, 0.6) is 0 Å². The molecule has 50 heavy (non-hydrogen) atoms. The van der Waals surface area contributed by atoms with Crippen molar-refractivity contribution in [1.29, 1.82) is 0 Å². The van der Waals surface area contributed by atoms with E-state index in [0.717, 1.165) is 0 Å². The molecule has 0 aliphatic rings. The summed E-state index contributed by atoms with van der Waals surface area (Å²) in [6, 6.07) is 24.4. The second-order valence-corrected chi connectivity index (χ2v) is 8.21. The maximum absolute atomic E-state index is 10.7. The molecule has 0 aliphatic heterocycles. The SMILES string of the molecule is Nc1ccc(C(=O)N[O-])cc1.Nc1ccc(C(=O)N[O-])cc1.Nc1ccc(C(=O)N[O-])cc1.Nc1ccc(C(=O)N[O-])cc1.O.O.[OH3+].[OH3+].[Zn+2].[Zn+2]. The predicted molar refractivity (Wildman–Crippen MR) is 184 cm³/mol. The van der Waals surface area contributed by atoms with Crippen molar-refractivity contribution in [3.05, 3.63) is 140 Å². The van der Waals surface area contributed by atoms with E-state index in [4.69, 9.17) is 22.9 Å². The van der Waals surface area contributed by atoms with Crippen LogP contribution in [0.1, 0.15) is 41.4 Å². The van der Waals surface area contributed by atoms with E-state index < -0.39 is 23.6 Å². The number of nitrogens with one attached hydrogen (secondary N) is 4. The standard InChI is InChI=1S/4C7H7N2O2.4H2O.2Zn/c4*8-6-3-1-5(2-4-6)7(10)9-11;;;;;;/h4*1-4H,(H3-,8,9,10,11);4*1H2;;/q4*-1;;;;;2*+2/p+2. The Morgan fingerprint density at radius 3 is 0.580 bits per heavy atom. The molecule has 0 bridgehead atoms. The van der Waals surface area contributed by atoms with Gasteiger partial charge in [0.05, 0.1) is 0 Å². The van der Waals surface area contributed by atoms with E-state index in [9.17, 15) is 40.0 Å². The van der Waals surface area contributed by atoms with Gasteiger partial charge in [-0.2, -0.15) is 0 Å². The van der Waals surface area contributed by atoms with Gasteiger partial charge in [-0.05, 0) is 97.1 Å². The molecule has 0 saturated heterocycles. The van der Waals surface area contributed by atoms with Gasteiger partial charge in [0, 0.05) is 45.0 Å². The van der Waals surface area contributed by atoms with Crippen molar-refractivity contribution in [1.82, 2.24) is 21.9 Å². The molecule has 0 fully saturated rings. The van der Waals surface area contributed by atoms with Crippen molar-refractivity contribution in [2.24, 2.45) is 0 Å². The Bertz CT molecular complexity index is 1270. The van der Waals surface area contributed by atoms with Crippen LogP contribution in [0.4, 0.5) is 22.7 Å². The smallest absolute Gasteiger partial charge is 0.759 e. The van der Waals surface area contributed by atoms with Crippen LogP contribution in [0.15, 0.2) is 97.1 Å². The van der Waals surface area contributed by atoms with Gasteiger partial charge in [-0.1, -0.05) is 0 Å². The molecule has 0 radical (unpaired) electrons. The fourth-order valence-corrected chi connectivity index (χ4v) is 2.77. The van der Waals surface area contributed by atoms with Crippen LogP contribution in [0.2, 0.25) is 0 Å². The van der Waals surface area contributed by atoms with Gasteiger partial charge in [-0.15, -0.1) is 0 Å². The van der Waals surface area contributed by atoms with Crippen molar-refractivity contribution in [2.45, 2.75) is 0 Å². The van der Waals surface area contributed by atoms with Crippen LogP contribution in [0.3, 0.4) is 0 Å². The first kappa shape index (κ1) is 57.2. The van der Waals surface area contributed by atoms with Gasteiger partial charge in [0.2, 0.25) is 23.6 Å². The molecule has 22 N–H and O–H groups in total. The Kier molecular flexibility index (Phi) is 35.6. The number of carbonyl (C=O) groups is 4. The second-order valence-electron chi connectivity index (χ2n) is 8.21. The Morgan fingerprint density at radius 1 is 0.360 bits per heavy atom. The number of amides is 4. The molecular weight excluding hydrogens is 771 g/mol. The summed E-state index contributed by atoms with van der Waals surface area (Å²) < 4.78 is 0. The first-order chi connectivity index (χ1) is 20.9. The summed E-state index contributed by atoms with van der Waals surface area (Å²) in [7, 11) is 0. The minimum Gasteiger partial charge on any atom is -0.759 e. The number of hydroxylamine groups is 4. The summed E-state index contributed by atoms with van der Waals surface area (Å²) in [4.78, 5) is 42.6. The van der Waals surface area contributed by atoms with Crippen LogP contribution in [0, 0.1) is 20.8 Å². The number of anilines is 4. The minimum atomic E-state index is -0.648. The van der Waals surface area contributed by atoms with E-state index in [-0.39, 0.29) is 60.9 Å². The molecule has 264 valence electrons. The zero-order chi connectivity index (χ0) is 33.1. The molecule has 4 amide bonds. The minimum absolute atomic E-state index is 0. The van der Waals surface area contributed by atoms with Gasteiger partial charge in [0.25, 0.3) is 0 Å². The third-order valence-corrected chi connectivity index (χ3v) is 5.06. The average molecular weight is 809 g/mol. The van der Waals surface area contributed by atoms with E-state index in [2.05, 4.69) is 0 Å². The number of hydrogen-bond donors (Lipinski definition) is 8. The Hall–Kier alpha value is -5.11. The van der Waals surface area contributed by atoms with E-state index in [1.807, 2.05) is 0 Å².